The van der Waals surface area contributed by atoms with Crippen molar-refractivity contribution in [1.82, 2.24) is 16.0 Å². The largest absolute Gasteiger partial charge is 0.356 e. The Morgan fingerprint density at radius 2 is 1.65 bits per heavy atom. The summed E-state index contributed by atoms with van der Waals surface area (Å²) in [6.45, 7) is 4.07. The number of nitrogens with one attached hydrogen (secondary N) is 3. The molecule has 0 spiro atoms. The molecule has 0 bridgehead atoms. The number of carbonyl (C=O) groups is 1. The molecule has 5 heteroatoms. The molecule has 0 radical (unpaired) electrons. The Bertz CT molecular complexity index is 696. The third-order valence-electron chi connectivity index (χ3n) is 4.01. The summed E-state index contributed by atoms with van der Waals surface area (Å²) in [4.78, 5) is 16.0. The summed E-state index contributed by atoms with van der Waals surface area (Å²) in [5.74, 6) is 0.744. The molecule has 3 N–H and O–H groups in total. The van der Waals surface area contributed by atoms with Crippen LogP contribution in [-0.4, -0.2) is 32.0 Å². The lowest BCUT2D eigenvalue weighted by molar-refractivity contribution is 0.0956. The smallest absolute Gasteiger partial charge is 0.251 e. The van der Waals surface area contributed by atoms with Gasteiger partial charge in [-0.3, -0.25) is 9.79 Å². The van der Waals surface area contributed by atoms with Gasteiger partial charge in [-0.05, 0) is 43.0 Å². The molecule has 138 valence electrons. The van der Waals surface area contributed by atoms with Gasteiger partial charge in [0.25, 0.3) is 5.91 Å². The highest BCUT2D eigenvalue weighted by atomic mass is 16.1. The van der Waals surface area contributed by atoms with Crippen molar-refractivity contribution in [1.29, 1.82) is 0 Å². The molecule has 0 aliphatic carbocycles. The summed E-state index contributed by atoms with van der Waals surface area (Å²) in [7, 11) is 1.77. The average Bonchev–Trinajstić information content (AvgIpc) is 2.69. The Morgan fingerprint density at radius 3 is 2.31 bits per heavy atom. The van der Waals surface area contributed by atoms with Crippen LogP contribution < -0.4 is 16.0 Å². The van der Waals surface area contributed by atoms with Crippen molar-refractivity contribution in [3.63, 3.8) is 0 Å². The highest BCUT2D eigenvalue weighted by Gasteiger charge is 2.04. The minimum atomic E-state index is -0.0390. The lowest BCUT2D eigenvalue weighted by Crippen LogP contribution is -2.37. The number of carbonyl (C=O) groups excluding carboxylic acids is 1. The summed E-state index contributed by atoms with van der Waals surface area (Å²) < 4.78 is 0. The maximum Gasteiger partial charge on any atom is 0.251 e. The molecule has 26 heavy (non-hydrogen) atoms. The van der Waals surface area contributed by atoms with Crippen molar-refractivity contribution in [2.24, 2.45) is 4.99 Å². The minimum Gasteiger partial charge on any atom is -0.356 e. The molecule has 1 amide bonds. The lowest BCUT2D eigenvalue weighted by atomic mass is 10.1. The molecule has 0 fully saturated rings. The van der Waals surface area contributed by atoms with E-state index in [1.54, 1.807) is 7.05 Å². The Kier molecular flexibility index (Phi) is 8.19. The van der Waals surface area contributed by atoms with Crippen LogP contribution in [0.1, 0.15) is 34.8 Å². The first-order chi connectivity index (χ1) is 12.7. The fourth-order valence-corrected chi connectivity index (χ4v) is 2.59. The van der Waals surface area contributed by atoms with Gasteiger partial charge >= 0.3 is 0 Å². The molecule has 0 aromatic heterocycles. The van der Waals surface area contributed by atoms with Gasteiger partial charge in [0.15, 0.2) is 5.96 Å². The third-order valence-corrected chi connectivity index (χ3v) is 4.01. The predicted octanol–water partition coefficient (Wildman–Crippen LogP) is 2.73. The number of amides is 1. The van der Waals surface area contributed by atoms with Crippen LogP contribution in [0.15, 0.2) is 59.6 Å². The van der Waals surface area contributed by atoms with Gasteiger partial charge in [0.1, 0.15) is 0 Å². The Labute approximate surface area is 155 Å². The SMILES string of the molecule is CCNC(=O)c1ccc(CNC(=NC)NCCCc2ccccc2)cc1. The molecule has 2 rings (SSSR count). The van der Waals surface area contributed by atoms with E-state index in [9.17, 15) is 4.79 Å². The summed E-state index contributed by atoms with van der Waals surface area (Å²) in [6.07, 6.45) is 2.10. The molecule has 2 aromatic carbocycles. The van der Waals surface area contributed by atoms with Crippen LogP contribution in [0.3, 0.4) is 0 Å². The normalized spacial score (nSPS) is 11.1. The highest BCUT2D eigenvalue weighted by molar-refractivity contribution is 5.94. The maximum atomic E-state index is 11.8. The van der Waals surface area contributed by atoms with Crippen molar-refractivity contribution < 1.29 is 4.79 Å². The molecular formula is C21H28N4O. The number of guanidine groups is 1. The molecular weight excluding hydrogens is 324 g/mol. The van der Waals surface area contributed by atoms with Gasteiger partial charge in [-0.1, -0.05) is 42.5 Å². The molecule has 0 saturated heterocycles. The summed E-state index contributed by atoms with van der Waals surface area (Å²) in [5, 5.41) is 9.43. The van der Waals surface area contributed by atoms with Gasteiger partial charge in [-0.2, -0.15) is 0 Å². The second-order valence-corrected chi connectivity index (χ2v) is 6.00. The number of rotatable bonds is 8. The van der Waals surface area contributed by atoms with Crippen molar-refractivity contribution in [3.05, 3.63) is 71.3 Å². The molecule has 0 saturated carbocycles. The van der Waals surface area contributed by atoms with Gasteiger partial charge in [0.05, 0.1) is 0 Å². The average molecular weight is 352 g/mol. The molecule has 0 atom stereocenters. The third kappa shape index (κ3) is 6.59. The lowest BCUT2D eigenvalue weighted by Gasteiger charge is -2.12. The van der Waals surface area contributed by atoms with Crippen LogP contribution in [0.2, 0.25) is 0 Å². The second-order valence-electron chi connectivity index (χ2n) is 6.00. The number of aliphatic imine (C=N–C) groups is 1. The van der Waals surface area contributed by atoms with Gasteiger partial charge in [0, 0.05) is 32.2 Å². The minimum absolute atomic E-state index is 0.0390. The second kappa shape index (κ2) is 10.9. The molecule has 0 unspecified atom stereocenters. The van der Waals surface area contributed by atoms with E-state index in [-0.39, 0.29) is 5.91 Å². The number of hydrogen-bond acceptors (Lipinski definition) is 2. The van der Waals surface area contributed by atoms with Crippen molar-refractivity contribution in [2.75, 3.05) is 20.1 Å². The van der Waals surface area contributed by atoms with E-state index in [4.69, 9.17) is 0 Å². The van der Waals surface area contributed by atoms with Crippen molar-refractivity contribution in [3.8, 4) is 0 Å². The topological polar surface area (TPSA) is 65.5 Å². The van der Waals surface area contributed by atoms with Gasteiger partial charge in [-0.15, -0.1) is 0 Å². The molecule has 0 aliphatic rings. The first-order valence-electron chi connectivity index (χ1n) is 9.08. The number of aryl methyl sites for hydroxylation is 1. The number of nitrogens with zero attached hydrogens (tertiary/aromatic N) is 1. The maximum absolute atomic E-state index is 11.8. The van der Waals surface area contributed by atoms with E-state index in [1.807, 2.05) is 37.3 Å². The fraction of sp³-hybridized carbons (Fsp3) is 0.333. The Morgan fingerprint density at radius 1 is 0.923 bits per heavy atom. The molecule has 2 aromatic rings. The molecule has 0 aliphatic heterocycles. The summed E-state index contributed by atoms with van der Waals surface area (Å²) in [5.41, 5.74) is 3.13. The number of hydrogen-bond donors (Lipinski definition) is 3. The van der Waals surface area contributed by atoms with E-state index < -0.39 is 0 Å². The van der Waals surface area contributed by atoms with Crippen LogP contribution in [0, 0.1) is 0 Å². The zero-order chi connectivity index (χ0) is 18.6. The highest BCUT2D eigenvalue weighted by Crippen LogP contribution is 2.04. The van der Waals surface area contributed by atoms with E-state index in [0.29, 0.717) is 18.7 Å². The van der Waals surface area contributed by atoms with Gasteiger partial charge in [-0.25, -0.2) is 0 Å². The van der Waals surface area contributed by atoms with E-state index >= 15 is 0 Å². The van der Waals surface area contributed by atoms with Crippen LogP contribution in [0.5, 0.6) is 0 Å². The van der Waals surface area contributed by atoms with Crippen LogP contribution in [0.4, 0.5) is 0 Å². The van der Waals surface area contributed by atoms with Gasteiger partial charge in [0.2, 0.25) is 0 Å². The molecule has 0 heterocycles. The standard InChI is InChI=1S/C21H28N4O/c1-3-23-20(26)19-13-11-18(12-14-19)16-25-21(22-2)24-15-7-10-17-8-5-4-6-9-17/h4-6,8-9,11-14H,3,7,10,15-16H2,1-2H3,(H,23,26)(H2,22,24,25). The zero-order valence-corrected chi connectivity index (χ0v) is 15.6. The van der Waals surface area contributed by atoms with Crippen LogP contribution in [0.25, 0.3) is 0 Å². The predicted molar refractivity (Wildman–Crippen MR) is 107 cm³/mol. The summed E-state index contributed by atoms with van der Waals surface area (Å²) >= 11 is 0. The zero-order valence-electron chi connectivity index (χ0n) is 15.6. The van der Waals surface area contributed by atoms with Crippen LogP contribution in [-0.2, 0) is 13.0 Å². The van der Waals surface area contributed by atoms with Crippen molar-refractivity contribution in [2.45, 2.75) is 26.3 Å². The van der Waals surface area contributed by atoms with E-state index in [1.165, 1.54) is 5.56 Å². The quantitative estimate of drug-likeness (QED) is 0.389. The summed E-state index contributed by atoms with van der Waals surface area (Å²) in [6, 6.07) is 18.1. The molecule has 5 nitrogen and oxygen atoms in total. The van der Waals surface area contributed by atoms with E-state index in [0.717, 1.165) is 30.9 Å². The Balaban J connectivity index is 1.72. The monoisotopic (exact) mass is 352 g/mol. The van der Waals surface area contributed by atoms with Gasteiger partial charge < -0.3 is 16.0 Å². The fourth-order valence-electron chi connectivity index (χ4n) is 2.59. The Hall–Kier alpha value is -2.82. The van der Waals surface area contributed by atoms with Crippen molar-refractivity contribution >= 4 is 11.9 Å². The van der Waals surface area contributed by atoms with E-state index in [2.05, 4.69) is 45.2 Å². The number of benzene rings is 2. The first-order valence-corrected chi connectivity index (χ1v) is 9.08. The van der Waals surface area contributed by atoms with Crippen LogP contribution >= 0.6 is 0 Å². The first kappa shape index (κ1) is 19.5.